The minimum atomic E-state index is -0.501. The lowest BCUT2D eigenvalue weighted by Gasteiger charge is -2.21. The van der Waals surface area contributed by atoms with E-state index in [-0.39, 0.29) is 17.3 Å². The molecule has 1 atom stereocenters. The Labute approximate surface area is 199 Å². The number of hydrogen-bond donors (Lipinski definition) is 2. The number of aryl methyl sites for hydroxylation is 1. The highest BCUT2D eigenvalue weighted by Gasteiger charge is 2.23. The normalized spacial score (nSPS) is 11.8. The average Bonchev–Trinajstić information content (AvgIpc) is 3.29. The first kappa shape index (κ1) is 21.8. The molecule has 0 radical (unpaired) electrons. The Bertz CT molecular complexity index is 1650. The summed E-state index contributed by atoms with van der Waals surface area (Å²) in [6.45, 7) is 3.56. The number of terminal acetylenes is 1. The SMILES string of the molecule is C#Cc1cccc2nc(C(C)Nc3ncnc(N)c3-c3nc(C)no3)n(-c3ccccc3)c(=O)c12. The second-order valence-electron chi connectivity index (χ2n) is 7.79. The first-order chi connectivity index (χ1) is 17.0. The number of nitrogens with zero attached hydrogens (tertiary/aromatic N) is 6. The van der Waals surface area contributed by atoms with Crippen molar-refractivity contribution in [1.82, 2.24) is 29.7 Å². The molecular weight excluding hydrogens is 444 g/mol. The maximum Gasteiger partial charge on any atom is 0.267 e. The topological polar surface area (TPSA) is 138 Å². The summed E-state index contributed by atoms with van der Waals surface area (Å²) in [5.74, 6) is 4.20. The summed E-state index contributed by atoms with van der Waals surface area (Å²) >= 11 is 0. The monoisotopic (exact) mass is 464 g/mol. The van der Waals surface area contributed by atoms with Gasteiger partial charge in [0, 0.05) is 5.56 Å². The molecule has 0 aliphatic rings. The third kappa shape index (κ3) is 3.85. The molecule has 0 amide bonds. The number of aromatic nitrogens is 6. The molecule has 10 nitrogen and oxygen atoms in total. The van der Waals surface area contributed by atoms with Crippen LogP contribution in [0.15, 0.2) is 64.2 Å². The van der Waals surface area contributed by atoms with Crippen LogP contribution < -0.4 is 16.6 Å². The summed E-state index contributed by atoms with van der Waals surface area (Å²) in [6, 6.07) is 14.0. The summed E-state index contributed by atoms with van der Waals surface area (Å²) < 4.78 is 6.85. The zero-order valence-corrected chi connectivity index (χ0v) is 18.9. The maximum atomic E-state index is 13.8. The summed E-state index contributed by atoms with van der Waals surface area (Å²) in [6.07, 6.45) is 7.00. The van der Waals surface area contributed by atoms with Crippen LogP contribution in [0, 0.1) is 19.3 Å². The van der Waals surface area contributed by atoms with Crippen LogP contribution in [0.5, 0.6) is 0 Å². The Hall–Kier alpha value is -5.04. The Kier molecular flexibility index (Phi) is 5.43. The molecule has 3 aromatic heterocycles. The quantitative estimate of drug-likeness (QED) is 0.375. The number of anilines is 2. The van der Waals surface area contributed by atoms with Crippen molar-refractivity contribution >= 4 is 22.5 Å². The van der Waals surface area contributed by atoms with Crippen molar-refractivity contribution in [3.63, 3.8) is 0 Å². The second-order valence-corrected chi connectivity index (χ2v) is 7.79. The number of nitrogens with one attached hydrogen (secondary N) is 1. The fourth-order valence-electron chi connectivity index (χ4n) is 3.87. The Morgan fingerprint density at radius 1 is 1.11 bits per heavy atom. The smallest absolute Gasteiger partial charge is 0.267 e. The van der Waals surface area contributed by atoms with E-state index in [4.69, 9.17) is 21.7 Å². The molecule has 0 saturated carbocycles. The van der Waals surface area contributed by atoms with Gasteiger partial charge in [0.2, 0.25) is 0 Å². The third-order valence-electron chi connectivity index (χ3n) is 5.45. The molecule has 172 valence electrons. The van der Waals surface area contributed by atoms with Gasteiger partial charge in [-0.25, -0.2) is 15.0 Å². The number of fused-ring (bicyclic) bond motifs is 1. The number of nitrogen functional groups attached to an aromatic ring is 1. The van der Waals surface area contributed by atoms with Gasteiger partial charge >= 0.3 is 0 Å². The van der Waals surface area contributed by atoms with E-state index >= 15 is 0 Å². The van der Waals surface area contributed by atoms with E-state index in [1.807, 2.05) is 37.3 Å². The fourth-order valence-corrected chi connectivity index (χ4v) is 3.87. The molecule has 3 N–H and O–H groups in total. The summed E-state index contributed by atoms with van der Waals surface area (Å²) in [7, 11) is 0. The van der Waals surface area contributed by atoms with Crippen LogP contribution in [0.1, 0.15) is 30.2 Å². The van der Waals surface area contributed by atoms with E-state index < -0.39 is 6.04 Å². The molecular formula is C25H20N8O2. The molecule has 0 spiro atoms. The van der Waals surface area contributed by atoms with Gasteiger partial charge in [0.25, 0.3) is 11.4 Å². The zero-order valence-electron chi connectivity index (χ0n) is 18.9. The number of para-hydroxylation sites is 1. The van der Waals surface area contributed by atoms with E-state index in [9.17, 15) is 4.79 Å². The highest BCUT2D eigenvalue weighted by molar-refractivity contribution is 5.84. The average molecular weight is 464 g/mol. The largest absolute Gasteiger partial charge is 0.383 e. The van der Waals surface area contributed by atoms with Crippen molar-refractivity contribution in [3.05, 3.63) is 82.4 Å². The van der Waals surface area contributed by atoms with Crippen molar-refractivity contribution in [2.75, 3.05) is 11.1 Å². The lowest BCUT2D eigenvalue weighted by atomic mass is 10.1. The second kappa shape index (κ2) is 8.72. The molecule has 0 fully saturated rings. The predicted molar refractivity (Wildman–Crippen MR) is 132 cm³/mol. The zero-order chi connectivity index (χ0) is 24.5. The summed E-state index contributed by atoms with van der Waals surface area (Å²) in [5.41, 5.74) is 7.84. The molecule has 0 bridgehead atoms. The predicted octanol–water partition coefficient (Wildman–Crippen LogP) is 3.27. The van der Waals surface area contributed by atoms with Crippen molar-refractivity contribution in [1.29, 1.82) is 0 Å². The Morgan fingerprint density at radius 2 is 1.91 bits per heavy atom. The molecule has 1 unspecified atom stereocenters. The fraction of sp³-hybridized carbons (Fsp3) is 0.120. The number of hydrogen-bond acceptors (Lipinski definition) is 9. The first-order valence-electron chi connectivity index (χ1n) is 10.7. The van der Waals surface area contributed by atoms with Crippen LogP contribution in [0.2, 0.25) is 0 Å². The van der Waals surface area contributed by atoms with Crippen LogP contribution in [0.4, 0.5) is 11.6 Å². The van der Waals surface area contributed by atoms with E-state index in [1.54, 1.807) is 29.7 Å². The summed E-state index contributed by atoms with van der Waals surface area (Å²) in [4.78, 5) is 31.2. The van der Waals surface area contributed by atoms with Crippen LogP contribution >= 0.6 is 0 Å². The van der Waals surface area contributed by atoms with Crippen LogP contribution in [0.25, 0.3) is 28.0 Å². The molecule has 5 aromatic rings. The molecule has 0 aliphatic carbocycles. The van der Waals surface area contributed by atoms with E-state index in [0.717, 1.165) is 0 Å². The standard InChI is InChI=1S/C25H20N8O2/c1-4-16-9-8-12-18-19(16)25(34)33(17-10-6-5-7-11-17)23(31-18)14(2)29-22-20(21(26)27-13-28-22)24-30-15(3)32-35-24/h1,5-14H,2-3H3,(H3,26,27,28,29). The van der Waals surface area contributed by atoms with Gasteiger partial charge in [0.15, 0.2) is 5.82 Å². The minimum Gasteiger partial charge on any atom is -0.383 e. The molecule has 3 heterocycles. The number of benzene rings is 2. The highest BCUT2D eigenvalue weighted by Crippen LogP contribution is 2.31. The number of rotatable bonds is 5. The van der Waals surface area contributed by atoms with Gasteiger partial charge < -0.3 is 15.6 Å². The van der Waals surface area contributed by atoms with Crippen molar-refractivity contribution < 1.29 is 4.52 Å². The van der Waals surface area contributed by atoms with E-state index in [0.29, 0.717) is 45.2 Å². The maximum absolute atomic E-state index is 13.8. The Balaban J connectivity index is 1.69. The summed E-state index contributed by atoms with van der Waals surface area (Å²) in [5, 5.41) is 7.49. The Morgan fingerprint density at radius 3 is 2.63 bits per heavy atom. The van der Waals surface area contributed by atoms with Crippen molar-refractivity contribution in [2.45, 2.75) is 19.9 Å². The van der Waals surface area contributed by atoms with Gasteiger partial charge in [0.1, 0.15) is 29.4 Å². The van der Waals surface area contributed by atoms with Gasteiger partial charge in [-0.3, -0.25) is 9.36 Å². The van der Waals surface area contributed by atoms with Crippen LogP contribution in [-0.2, 0) is 0 Å². The molecule has 5 rings (SSSR count). The van der Waals surface area contributed by atoms with Gasteiger partial charge in [-0.2, -0.15) is 4.98 Å². The number of nitrogens with two attached hydrogens (primary N) is 1. The van der Waals surface area contributed by atoms with E-state index in [2.05, 4.69) is 31.3 Å². The minimum absolute atomic E-state index is 0.170. The van der Waals surface area contributed by atoms with Gasteiger partial charge in [-0.1, -0.05) is 35.3 Å². The molecule has 35 heavy (non-hydrogen) atoms. The van der Waals surface area contributed by atoms with Gasteiger partial charge in [-0.05, 0) is 38.1 Å². The van der Waals surface area contributed by atoms with Crippen molar-refractivity contribution in [3.8, 4) is 29.5 Å². The molecule has 2 aromatic carbocycles. The highest BCUT2D eigenvalue weighted by atomic mass is 16.5. The lowest BCUT2D eigenvalue weighted by molar-refractivity contribution is 0.425. The van der Waals surface area contributed by atoms with Gasteiger partial charge in [-0.15, -0.1) is 6.42 Å². The molecule has 0 saturated heterocycles. The van der Waals surface area contributed by atoms with Crippen LogP contribution in [0.3, 0.4) is 0 Å². The first-order valence-corrected chi connectivity index (χ1v) is 10.7. The van der Waals surface area contributed by atoms with Crippen LogP contribution in [-0.4, -0.2) is 29.7 Å². The third-order valence-corrected chi connectivity index (χ3v) is 5.45. The molecule has 0 aliphatic heterocycles. The van der Waals surface area contributed by atoms with E-state index in [1.165, 1.54) is 6.33 Å². The molecule has 10 heteroatoms. The van der Waals surface area contributed by atoms with Gasteiger partial charge in [0.05, 0.1) is 22.6 Å². The van der Waals surface area contributed by atoms with Crippen molar-refractivity contribution in [2.24, 2.45) is 0 Å². The lowest BCUT2D eigenvalue weighted by Crippen LogP contribution is -2.28.